The zero-order valence-corrected chi connectivity index (χ0v) is 16.4. The van der Waals surface area contributed by atoms with Crippen LogP contribution in [0.15, 0.2) is 54.0 Å². The molecule has 0 amide bonds. The second kappa shape index (κ2) is 7.16. The molecule has 0 fully saturated rings. The third-order valence-electron chi connectivity index (χ3n) is 4.49. The summed E-state index contributed by atoms with van der Waals surface area (Å²) in [6.45, 7) is 2.73. The van der Waals surface area contributed by atoms with Crippen molar-refractivity contribution in [2.45, 2.75) is 13.5 Å². The Bertz CT molecular complexity index is 1460. The average molecular weight is 420 g/mol. The van der Waals surface area contributed by atoms with Gasteiger partial charge in [-0.3, -0.25) is 14.5 Å². The number of fused-ring (bicyclic) bond motifs is 3. The molecular formula is C19H14ClN9O. The summed E-state index contributed by atoms with van der Waals surface area (Å²) in [5.41, 5.74) is 1.51. The molecule has 0 unspecified atom stereocenters. The van der Waals surface area contributed by atoms with Crippen LogP contribution in [0.5, 0.6) is 0 Å². The zero-order valence-electron chi connectivity index (χ0n) is 15.7. The van der Waals surface area contributed by atoms with E-state index in [1.807, 2.05) is 25.3 Å². The molecule has 4 heterocycles. The maximum absolute atomic E-state index is 12.2. The van der Waals surface area contributed by atoms with Gasteiger partial charge in [-0.1, -0.05) is 17.7 Å². The number of rotatable bonds is 4. The summed E-state index contributed by atoms with van der Waals surface area (Å²) in [5, 5.41) is 13.0. The van der Waals surface area contributed by atoms with Crippen LogP contribution in [0.2, 0.25) is 5.02 Å². The standard InChI is InChI=1S/C19H14ClN9O/c1-2-28-10-11(8-23-28)16-26-17-12-4-3-5-13(20)15(12)25-19(29(17)27-16)24-14-9-21-6-7-22-18(14)30/h3-10H,2H2,1H3,(H,22,24,25,30). The van der Waals surface area contributed by atoms with Gasteiger partial charge in [-0.15, -0.1) is 5.10 Å². The van der Waals surface area contributed by atoms with Gasteiger partial charge in [0.1, 0.15) is 5.69 Å². The lowest BCUT2D eigenvalue weighted by Crippen LogP contribution is -2.12. The number of aromatic nitrogens is 8. The van der Waals surface area contributed by atoms with E-state index in [9.17, 15) is 4.79 Å². The van der Waals surface area contributed by atoms with Crippen LogP contribution in [-0.2, 0) is 6.54 Å². The molecule has 5 rings (SSSR count). The van der Waals surface area contributed by atoms with Crippen molar-refractivity contribution in [1.29, 1.82) is 0 Å². The van der Waals surface area contributed by atoms with E-state index in [0.29, 0.717) is 22.0 Å². The zero-order chi connectivity index (χ0) is 20.7. The first-order valence-electron chi connectivity index (χ1n) is 9.09. The van der Waals surface area contributed by atoms with Gasteiger partial charge in [0.15, 0.2) is 11.5 Å². The molecule has 0 aliphatic rings. The first-order valence-corrected chi connectivity index (χ1v) is 9.47. The molecule has 4 aromatic heterocycles. The number of nitrogens with one attached hydrogen (secondary N) is 1. The van der Waals surface area contributed by atoms with Crippen LogP contribution < -0.4 is 10.9 Å². The van der Waals surface area contributed by atoms with Crippen LogP contribution in [0.1, 0.15) is 6.92 Å². The minimum atomic E-state index is -0.480. The minimum absolute atomic E-state index is 0.149. The molecule has 0 aliphatic heterocycles. The molecule has 11 heteroatoms. The normalized spacial score (nSPS) is 11.3. The van der Waals surface area contributed by atoms with Crippen molar-refractivity contribution >= 4 is 39.8 Å². The van der Waals surface area contributed by atoms with Gasteiger partial charge in [0.2, 0.25) is 5.95 Å². The van der Waals surface area contributed by atoms with Crippen molar-refractivity contribution in [2.24, 2.45) is 0 Å². The third kappa shape index (κ3) is 3.03. The number of anilines is 2. The van der Waals surface area contributed by atoms with Crippen LogP contribution >= 0.6 is 11.6 Å². The molecule has 0 aliphatic carbocycles. The van der Waals surface area contributed by atoms with Crippen molar-refractivity contribution in [3.63, 3.8) is 0 Å². The maximum atomic E-state index is 12.2. The van der Waals surface area contributed by atoms with Crippen molar-refractivity contribution in [2.75, 3.05) is 5.32 Å². The van der Waals surface area contributed by atoms with Gasteiger partial charge in [0.25, 0.3) is 5.56 Å². The van der Waals surface area contributed by atoms with Gasteiger partial charge in [0.05, 0.1) is 28.5 Å². The molecule has 10 nitrogen and oxygen atoms in total. The number of nitrogens with zero attached hydrogens (tertiary/aromatic N) is 8. The minimum Gasteiger partial charge on any atom is -0.318 e. The molecule has 0 atom stereocenters. The Morgan fingerprint density at radius 1 is 1.17 bits per heavy atom. The number of benzene rings is 1. The van der Waals surface area contributed by atoms with Gasteiger partial charge in [-0.2, -0.15) is 9.61 Å². The van der Waals surface area contributed by atoms with Crippen LogP contribution in [0.25, 0.3) is 27.9 Å². The van der Waals surface area contributed by atoms with E-state index in [1.165, 1.54) is 23.1 Å². The molecule has 30 heavy (non-hydrogen) atoms. The molecule has 0 saturated heterocycles. The predicted molar refractivity (Wildman–Crippen MR) is 112 cm³/mol. The van der Waals surface area contributed by atoms with E-state index < -0.39 is 5.56 Å². The predicted octanol–water partition coefficient (Wildman–Crippen LogP) is 2.71. The van der Waals surface area contributed by atoms with E-state index >= 15 is 0 Å². The fourth-order valence-corrected chi connectivity index (χ4v) is 3.26. The third-order valence-corrected chi connectivity index (χ3v) is 4.80. The van der Waals surface area contributed by atoms with Crippen molar-refractivity contribution in [3.8, 4) is 11.4 Å². The first kappa shape index (κ1) is 18.1. The molecular weight excluding hydrogens is 406 g/mol. The fourth-order valence-electron chi connectivity index (χ4n) is 3.04. The highest BCUT2D eigenvalue weighted by atomic mass is 35.5. The lowest BCUT2D eigenvalue weighted by Gasteiger charge is -2.08. The highest BCUT2D eigenvalue weighted by Gasteiger charge is 2.17. The molecule has 0 bridgehead atoms. The highest BCUT2D eigenvalue weighted by Crippen LogP contribution is 2.28. The lowest BCUT2D eigenvalue weighted by molar-refractivity contribution is 0.660. The van der Waals surface area contributed by atoms with Gasteiger partial charge in [0, 0.05) is 30.5 Å². The van der Waals surface area contributed by atoms with Gasteiger partial charge in [-0.05, 0) is 19.1 Å². The number of hydrogen-bond acceptors (Lipinski definition) is 8. The number of hydrogen-bond donors (Lipinski definition) is 1. The van der Waals surface area contributed by atoms with E-state index in [4.69, 9.17) is 11.6 Å². The Hall–Kier alpha value is -3.92. The van der Waals surface area contributed by atoms with Crippen LogP contribution in [0.3, 0.4) is 0 Å². The summed E-state index contributed by atoms with van der Waals surface area (Å²) in [4.78, 5) is 29.3. The molecule has 1 N–H and O–H groups in total. The smallest absolute Gasteiger partial charge is 0.295 e. The Balaban J connectivity index is 1.77. The Labute approximate surface area is 174 Å². The lowest BCUT2D eigenvalue weighted by atomic mass is 10.2. The molecule has 0 saturated carbocycles. The molecule has 1 aromatic carbocycles. The fraction of sp³-hybridized carbons (Fsp3) is 0.105. The van der Waals surface area contributed by atoms with E-state index in [0.717, 1.165) is 17.5 Å². The first-order chi connectivity index (χ1) is 14.6. The topological polar surface area (TPSA) is 116 Å². The number of aryl methyl sites for hydroxylation is 1. The quantitative estimate of drug-likeness (QED) is 0.472. The van der Waals surface area contributed by atoms with Crippen LogP contribution in [0.4, 0.5) is 11.6 Å². The summed E-state index contributed by atoms with van der Waals surface area (Å²) < 4.78 is 3.32. The van der Waals surface area contributed by atoms with Crippen LogP contribution in [0, 0.1) is 0 Å². The number of para-hydroxylation sites is 1. The SMILES string of the molecule is CCn1cc(-c2nc3c4cccc(Cl)c4nc(Nc4cnccnc4=O)n3n2)cn1. The largest absolute Gasteiger partial charge is 0.318 e. The summed E-state index contributed by atoms with van der Waals surface area (Å²) in [7, 11) is 0. The second-order valence-corrected chi connectivity index (χ2v) is 6.78. The Morgan fingerprint density at radius 2 is 2.07 bits per heavy atom. The maximum Gasteiger partial charge on any atom is 0.295 e. The Kier molecular flexibility index (Phi) is 4.32. The molecule has 148 valence electrons. The summed E-state index contributed by atoms with van der Waals surface area (Å²) >= 11 is 6.38. The van der Waals surface area contributed by atoms with Gasteiger partial charge in [-0.25, -0.2) is 15.0 Å². The second-order valence-electron chi connectivity index (χ2n) is 6.38. The Morgan fingerprint density at radius 3 is 2.90 bits per heavy atom. The molecule has 0 radical (unpaired) electrons. The average Bonchev–Trinajstić information content (AvgIpc) is 3.36. The monoisotopic (exact) mass is 419 g/mol. The molecule has 5 aromatic rings. The van der Waals surface area contributed by atoms with Crippen molar-refractivity contribution < 1.29 is 0 Å². The van der Waals surface area contributed by atoms with E-state index in [-0.39, 0.29) is 11.6 Å². The highest BCUT2D eigenvalue weighted by molar-refractivity contribution is 6.35. The van der Waals surface area contributed by atoms with E-state index in [1.54, 1.807) is 16.9 Å². The van der Waals surface area contributed by atoms with Crippen LogP contribution in [-0.4, -0.2) is 39.3 Å². The van der Waals surface area contributed by atoms with E-state index in [2.05, 4.69) is 35.5 Å². The van der Waals surface area contributed by atoms with Gasteiger partial charge < -0.3 is 5.32 Å². The summed E-state index contributed by atoms with van der Waals surface area (Å²) in [6.07, 6.45) is 7.70. The van der Waals surface area contributed by atoms with Gasteiger partial charge >= 0.3 is 0 Å². The number of halogens is 1. The summed E-state index contributed by atoms with van der Waals surface area (Å²) in [5.74, 6) is 0.739. The van der Waals surface area contributed by atoms with Crippen molar-refractivity contribution in [3.05, 3.63) is 64.6 Å². The summed E-state index contributed by atoms with van der Waals surface area (Å²) in [6, 6.07) is 5.43. The molecule has 0 spiro atoms. The van der Waals surface area contributed by atoms with Crippen molar-refractivity contribution in [1.82, 2.24) is 39.3 Å².